The van der Waals surface area contributed by atoms with Crippen molar-refractivity contribution < 1.29 is 24.3 Å². The minimum Gasteiger partial charge on any atom is -0.384 e. The van der Waals surface area contributed by atoms with Crippen LogP contribution in [0, 0.1) is 0 Å². The molecule has 290 valence electrons. The van der Waals surface area contributed by atoms with Crippen molar-refractivity contribution in [2.75, 3.05) is 41.3 Å². The second-order valence-electron chi connectivity index (χ2n) is 14.8. The van der Waals surface area contributed by atoms with E-state index in [0.29, 0.717) is 73.2 Å². The predicted octanol–water partition coefficient (Wildman–Crippen LogP) is 3.18. The molecular weight excluding hydrogens is 729 g/mol. The summed E-state index contributed by atoms with van der Waals surface area (Å²) >= 11 is 0. The summed E-state index contributed by atoms with van der Waals surface area (Å²) in [6, 6.07) is 15.8. The lowest BCUT2D eigenvalue weighted by Gasteiger charge is -2.38. The molecule has 0 bridgehead atoms. The molecule has 1 aliphatic carbocycles. The molecule has 57 heavy (non-hydrogen) atoms. The Labute approximate surface area is 326 Å². The molecule has 2 atom stereocenters. The predicted molar refractivity (Wildman–Crippen MR) is 211 cm³/mol. The number of aryl methyl sites for hydroxylation is 1. The molecule has 1 unspecified atom stereocenters. The normalized spacial score (nSPS) is 20.6. The molecule has 6 heterocycles. The van der Waals surface area contributed by atoms with Gasteiger partial charge in [0, 0.05) is 50.2 Å². The summed E-state index contributed by atoms with van der Waals surface area (Å²) in [6.45, 7) is 8.48. The fourth-order valence-electron chi connectivity index (χ4n) is 8.46. The molecule has 16 heteroatoms. The lowest BCUT2D eigenvalue weighted by atomic mass is 9.98. The zero-order chi connectivity index (χ0) is 39.6. The number of fused-ring (bicyclic) bond motifs is 3. The van der Waals surface area contributed by atoms with Crippen LogP contribution < -0.4 is 26.0 Å². The molecule has 0 saturated carbocycles. The number of benzene rings is 2. The Morgan fingerprint density at radius 3 is 2.46 bits per heavy atom. The topological polar surface area (TPSA) is 188 Å². The van der Waals surface area contributed by atoms with Crippen molar-refractivity contribution in [2.24, 2.45) is 0 Å². The Hall–Kier alpha value is -6.68. The molecule has 4 aliphatic rings. The van der Waals surface area contributed by atoms with E-state index < -0.39 is 35.3 Å². The van der Waals surface area contributed by atoms with Crippen molar-refractivity contribution in [1.82, 2.24) is 34.5 Å². The van der Waals surface area contributed by atoms with E-state index in [9.17, 15) is 29.1 Å². The minimum absolute atomic E-state index is 0.0635. The lowest BCUT2D eigenvalue weighted by Crippen LogP contribution is -2.54. The van der Waals surface area contributed by atoms with Crippen LogP contribution in [0.4, 0.5) is 23.0 Å². The molecule has 3 N–H and O–H groups in total. The summed E-state index contributed by atoms with van der Waals surface area (Å²) < 4.78 is 3.17. The van der Waals surface area contributed by atoms with Crippen LogP contribution in [0.1, 0.15) is 64.6 Å². The number of allylic oxidation sites excluding steroid dienone is 1. The van der Waals surface area contributed by atoms with Gasteiger partial charge in [-0.3, -0.25) is 34.2 Å². The first kappa shape index (κ1) is 36.0. The van der Waals surface area contributed by atoms with Crippen LogP contribution in [-0.4, -0.2) is 90.2 Å². The van der Waals surface area contributed by atoms with Crippen LogP contribution in [-0.2, 0) is 28.2 Å². The van der Waals surface area contributed by atoms with Crippen LogP contribution >= 0.6 is 0 Å². The standard InChI is InChI=1S/C41H40N10O6/c1-3-18-49-37(54)28-23-42-40(46-35(28)51(49)31-14-8-24-16-17-41(57,4-2)34(24)44-31)43-25-9-11-26(12-10-25)47-19-21-48(22-20-47)29-7-5-6-27-33(29)39(56)50(38(27)55)30-13-15-32(52)45-36(30)53/h3,5-12,14,23,30,57H,1,4,13,15-22H2,2H3,(H,42,43,46)(H,45,52,53)/t30?,41-/m1/s1. The van der Waals surface area contributed by atoms with Crippen molar-refractivity contribution >= 4 is 57.7 Å². The molecular formula is C41H40N10O6. The van der Waals surface area contributed by atoms with E-state index >= 15 is 0 Å². The zero-order valence-corrected chi connectivity index (χ0v) is 31.3. The number of rotatable bonds is 9. The highest BCUT2D eigenvalue weighted by atomic mass is 16.3. The molecule has 2 aromatic carbocycles. The molecule has 9 rings (SSSR count). The Bertz CT molecular complexity index is 2570. The van der Waals surface area contributed by atoms with Gasteiger partial charge in [0.15, 0.2) is 11.5 Å². The highest BCUT2D eigenvalue weighted by Gasteiger charge is 2.46. The number of piperazine rings is 1. The van der Waals surface area contributed by atoms with Crippen LogP contribution in [0.3, 0.4) is 0 Å². The molecule has 5 aromatic rings. The van der Waals surface area contributed by atoms with Gasteiger partial charge in [-0.1, -0.05) is 25.1 Å². The van der Waals surface area contributed by atoms with Crippen molar-refractivity contribution in [3.63, 3.8) is 0 Å². The molecule has 0 radical (unpaired) electrons. The number of nitrogens with one attached hydrogen (secondary N) is 2. The number of imide groups is 2. The van der Waals surface area contributed by atoms with Gasteiger partial charge in [0.25, 0.3) is 17.4 Å². The second kappa shape index (κ2) is 13.8. The smallest absolute Gasteiger partial charge is 0.278 e. The maximum atomic E-state index is 13.7. The fraction of sp³-hybridized carbons (Fsp3) is 0.317. The van der Waals surface area contributed by atoms with Crippen LogP contribution in [0.25, 0.3) is 16.9 Å². The zero-order valence-electron chi connectivity index (χ0n) is 31.3. The summed E-state index contributed by atoms with van der Waals surface area (Å²) in [4.78, 5) is 84.2. The van der Waals surface area contributed by atoms with Gasteiger partial charge in [0.05, 0.1) is 29.1 Å². The number of piperidine rings is 1. The van der Waals surface area contributed by atoms with Crippen molar-refractivity contribution in [3.05, 3.63) is 106 Å². The third-order valence-corrected chi connectivity index (χ3v) is 11.5. The first-order valence-electron chi connectivity index (χ1n) is 19.1. The van der Waals surface area contributed by atoms with Gasteiger partial charge < -0.3 is 20.2 Å². The first-order chi connectivity index (χ1) is 27.6. The summed E-state index contributed by atoms with van der Waals surface area (Å²) in [6.07, 6.45) is 5.17. The number of aromatic nitrogens is 5. The van der Waals surface area contributed by atoms with Gasteiger partial charge >= 0.3 is 0 Å². The highest BCUT2D eigenvalue weighted by molar-refractivity contribution is 6.25. The number of aliphatic hydroxyl groups is 1. The van der Waals surface area contributed by atoms with Crippen LogP contribution in [0.5, 0.6) is 0 Å². The van der Waals surface area contributed by atoms with Gasteiger partial charge in [0.2, 0.25) is 17.8 Å². The number of amides is 4. The number of carbonyl (C=O) groups is 4. The quantitative estimate of drug-likeness (QED) is 0.147. The summed E-state index contributed by atoms with van der Waals surface area (Å²) in [7, 11) is 0. The van der Waals surface area contributed by atoms with E-state index in [1.165, 1.54) is 10.9 Å². The van der Waals surface area contributed by atoms with Gasteiger partial charge in [-0.2, -0.15) is 4.98 Å². The summed E-state index contributed by atoms with van der Waals surface area (Å²) in [5, 5.41) is 17.1. The van der Waals surface area contributed by atoms with E-state index in [1.807, 2.05) is 49.4 Å². The summed E-state index contributed by atoms with van der Waals surface area (Å²) in [5.74, 6) is -1.33. The number of nitrogens with zero attached hydrogens (tertiary/aromatic N) is 8. The van der Waals surface area contributed by atoms with Crippen LogP contribution in [0.15, 0.2) is 78.2 Å². The third-order valence-electron chi connectivity index (χ3n) is 11.5. The third kappa shape index (κ3) is 5.94. The number of anilines is 4. The molecule has 3 aromatic heterocycles. The largest absolute Gasteiger partial charge is 0.384 e. The monoisotopic (exact) mass is 768 g/mol. The van der Waals surface area contributed by atoms with E-state index in [4.69, 9.17) is 9.97 Å². The van der Waals surface area contributed by atoms with E-state index in [1.54, 1.807) is 22.9 Å². The minimum atomic E-state index is -1.02. The number of carbonyl (C=O) groups excluding carboxylic acids is 4. The number of hydrogen-bond donors (Lipinski definition) is 3. The van der Waals surface area contributed by atoms with E-state index in [2.05, 4.69) is 32.0 Å². The maximum absolute atomic E-state index is 13.7. The molecule has 3 aliphatic heterocycles. The van der Waals surface area contributed by atoms with Gasteiger partial charge in [-0.25, -0.2) is 19.3 Å². The highest BCUT2D eigenvalue weighted by Crippen LogP contribution is 2.39. The van der Waals surface area contributed by atoms with Gasteiger partial charge in [-0.05, 0) is 73.7 Å². The van der Waals surface area contributed by atoms with Crippen LogP contribution in [0.2, 0.25) is 0 Å². The average Bonchev–Trinajstić information content (AvgIpc) is 3.80. The Balaban J connectivity index is 0.909. The van der Waals surface area contributed by atoms with Crippen molar-refractivity contribution in [2.45, 2.75) is 57.2 Å². The first-order valence-corrected chi connectivity index (χ1v) is 19.1. The maximum Gasteiger partial charge on any atom is 0.278 e. The van der Waals surface area contributed by atoms with E-state index in [-0.39, 0.29) is 36.1 Å². The SMILES string of the molecule is C=CCn1c(=O)c2cnc(Nc3ccc(N4CCN(c5cccc6c5C(=O)N(C5CCC(=O)NC5=O)C6=O)CC4)cc3)nc2n1-c1ccc2c(n1)[C@@](O)(CC)CC2. The lowest BCUT2D eigenvalue weighted by molar-refractivity contribution is -0.136. The Morgan fingerprint density at radius 2 is 1.72 bits per heavy atom. The van der Waals surface area contributed by atoms with Crippen molar-refractivity contribution in [1.29, 1.82) is 0 Å². The second-order valence-corrected chi connectivity index (χ2v) is 14.8. The Morgan fingerprint density at radius 1 is 0.947 bits per heavy atom. The Kier molecular flexibility index (Phi) is 8.72. The van der Waals surface area contributed by atoms with Gasteiger partial charge in [-0.15, -0.1) is 6.58 Å². The molecule has 0 spiro atoms. The molecule has 4 amide bonds. The van der Waals surface area contributed by atoms with Gasteiger partial charge in [0.1, 0.15) is 17.0 Å². The fourth-order valence-corrected chi connectivity index (χ4v) is 8.46. The number of hydrogen-bond acceptors (Lipinski definition) is 12. The molecule has 2 saturated heterocycles. The van der Waals surface area contributed by atoms with E-state index in [0.717, 1.165) is 28.3 Å². The molecule has 2 fully saturated rings. The summed E-state index contributed by atoms with van der Waals surface area (Å²) in [5.41, 5.74) is 3.63. The van der Waals surface area contributed by atoms with Crippen molar-refractivity contribution in [3.8, 4) is 5.82 Å². The molecule has 16 nitrogen and oxygen atoms in total. The number of pyridine rings is 1. The average molecular weight is 769 g/mol.